The van der Waals surface area contributed by atoms with Crippen LogP contribution in [0.5, 0.6) is 0 Å². The molecule has 1 aromatic carbocycles. The van der Waals surface area contributed by atoms with E-state index < -0.39 is 0 Å². The van der Waals surface area contributed by atoms with Crippen molar-refractivity contribution in [1.82, 2.24) is 5.32 Å². The fourth-order valence-corrected chi connectivity index (χ4v) is 2.76. The minimum atomic E-state index is -0.229. The van der Waals surface area contributed by atoms with Crippen molar-refractivity contribution in [1.29, 1.82) is 0 Å². The lowest BCUT2D eigenvalue weighted by molar-refractivity contribution is 0.145. The highest BCUT2D eigenvalue weighted by atomic mass is 35.5. The predicted octanol–water partition coefficient (Wildman–Crippen LogP) is 3.19. The summed E-state index contributed by atoms with van der Waals surface area (Å²) in [6, 6.07) is 4.94. The molecule has 1 atom stereocenters. The molecular formula is C16H22ClFN2O. The first-order chi connectivity index (χ1) is 10.1. The third-order valence-electron chi connectivity index (χ3n) is 3.89. The van der Waals surface area contributed by atoms with Gasteiger partial charge in [-0.2, -0.15) is 0 Å². The maximum Gasteiger partial charge on any atom is 0.123 e. The molecule has 0 saturated carbocycles. The van der Waals surface area contributed by atoms with Crippen LogP contribution >= 0.6 is 11.6 Å². The SMILES string of the molecule is CC(NC/C=C/Cl)c1cc(F)ccc1N1CCC(O)CC1. The summed E-state index contributed by atoms with van der Waals surface area (Å²) in [4.78, 5) is 2.22. The number of rotatable bonds is 5. The van der Waals surface area contributed by atoms with Crippen molar-refractivity contribution in [2.24, 2.45) is 0 Å². The number of nitrogens with one attached hydrogen (secondary N) is 1. The molecule has 116 valence electrons. The molecule has 0 spiro atoms. The number of halogens is 2. The van der Waals surface area contributed by atoms with Gasteiger partial charge in [-0.3, -0.25) is 0 Å². The van der Waals surface area contributed by atoms with Gasteiger partial charge in [0.2, 0.25) is 0 Å². The van der Waals surface area contributed by atoms with Crippen molar-refractivity contribution in [2.75, 3.05) is 24.5 Å². The Balaban J connectivity index is 2.16. The molecule has 2 N–H and O–H groups in total. The lowest BCUT2D eigenvalue weighted by Crippen LogP contribution is -2.37. The van der Waals surface area contributed by atoms with Crippen LogP contribution in [0.15, 0.2) is 29.8 Å². The Morgan fingerprint density at radius 1 is 1.48 bits per heavy atom. The van der Waals surface area contributed by atoms with E-state index in [0.29, 0.717) is 6.54 Å². The van der Waals surface area contributed by atoms with Gasteiger partial charge in [-0.25, -0.2) is 4.39 Å². The van der Waals surface area contributed by atoms with Crippen LogP contribution in [0.3, 0.4) is 0 Å². The molecule has 1 heterocycles. The van der Waals surface area contributed by atoms with Crippen LogP contribution in [0, 0.1) is 5.82 Å². The summed E-state index contributed by atoms with van der Waals surface area (Å²) in [5.74, 6) is -0.229. The number of hydrogen-bond acceptors (Lipinski definition) is 3. The second-order valence-corrected chi connectivity index (χ2v) is 5.66. The van der Waals surface area contributed by atoms with Gasteiger partial charge in [0.1, 0.15) is 5.82 Å². The summed E-state index contributed by atoms with van der Waals surface area (Å²) >= 11 is 5.51. The van der Waals surface area contributed by atoms with Crippen LogP contribution in [0.25, 0.3) is 0 Å². The van der Waals surface area contributed by atoms with Crippen LogP contribution in [0.2, 0.25) is 0 Å². The van der Waals surface area contributed by atoms with E-state index in [1.54, 1.807) is 6.07 Å². The van der Waals surface area contributed by atoms with Crippen molar-refractivity contribution in [3.8, 4) is 0 Å². The summed E-state index contributed by atoms with van der Waals surface area (Å²) < 4.78 is 13.6. The van der Waals surface area contributed by atoms with Crippen LogP contribution in [-0.4, -0.2) is 30.8 Å². The highest BCUT2D eigenvalue weighted by molar-refractivity contribution is 6.25. The molecule has 1 aliphatic heterocycles. The number of piperidine rings is 1. The maximum atomic E-state index is 13.6. The van der Waals surface area contributed by atoms with Crippen molar-refractivity contribution in [3.63, 3.8) is 0 Å². The molecule has 0 aliphatic carbocycles. The van der Waals surface area contributed by atoms with Gasteiger partial charge in [-0.15, -0.1) is 0 Å². The van der Waals surface area contributed by atoms with Crippen molar-refractivity contribution < 1.29 is 9.50 Å². The van der Waals surface area contributed by atoms with E-state index in [9.17, 15) is 9.50 Å². The molecule has 0 radical (unpaired) electrons. The number of aliphatic hydroxyl groups excluding tert-OH is 1. The average molecular weight is 313 g/mol. The summed E-state index contributed by atoms with van der Waals surface area (Å²) in [7, 11) is 0. The van der Waals surface area contributed by atoms with E-state index in [-0.39, 0.29) is 18.0 Å². The first-order valence-corrected chi connectivity index (χ1v) is 7.76. The zero-order chi connectivity index (χ0) is 15.2. The summed E-state index contributed by atoms with van der Waals surface area (Å²) in [6.45, 7) is 4.25. The van der Waals surface area contributed by atoms with Gasteiger partial charge >= 0.3 is 0 Å². The summed E-state index contributed by atoms with van der Waals surface area (Å²) in [6.07, 6.45) is 3.12. The number of nitrogens with zero attached hydrogens (tertiary/aromatic N) is 1. The van der Waals surface area contributed by atoms with Gasteiger partial charge in [0.15, 0.2) is 0 Å². The van der Waals surface area contributed by atoms with Crippen LogP contribution < -0.4 is 10.2 Å². The molecular weight excluding hydrogens is 291 g/mol. The summed E-state index contributed by atoms with van der Waals surface area (Å²) in [5.41, 5.74) is 3.45. The van der Waals surface area contributed by atoms with Gasteiger partial charge < -0.3 is 15.3 Å². The third kappa shape index (κ3) is 4.43. The Bertz CT molecular complexity index is 487. The van der Waals surface area contributed by atoms with Crippen LogP contribution in [0.4, 0.5) is 10.1 Å². The number of anilines is 1. The molecule has 1 aliphatic rings. The van der Waals surface area contributed by atoms with Crippen molar-refractivity contribution >= 4 is 17.3 Å². The Hall–Kier alpha value is -1.10. The van der Waals surface area contributed by atoms with E-state index in [1.165, 1.54) is 11.6 Å². The number of hydrogen-bond donors (Lipinski definition) is 2. The fourth-order valence-electron chi connectivity index (χ4n) is 2.67. The Morgan fingerprint density at radius 3 is 2.86 bits per heavy atom. The molecule has 5 heteroatoms. The van der Waals surface area contributed by atoms with Crippen molar-refractivity contribution in [2.45, 2.75) is 31.9 Å². The lowest BCUT2D eigenvalue weighted by Gasteiger charge is -2.34. The topological polar surface area (TPSA) is 35.5 Å². The minimum Gasteiger partial charge on any atom is -0.393 e. The standard InChI is InChI=1S/C16H22ClFN2O/c1-12(19-8-2-7-17)15-11-13(18)3-4-16(15)20-9-5-14(21)6-10-20/h2-4,7,11-12,14,19,21H,5-6,8-10H2,1H3/b7-2+. The van der Waals surface area contributed by atoms with E-state index in [1.807, 2.05) is 19.1 Å². The van der Waals surface area contributed by atoms with Gasteiger partial charge in [0.25, 0.3) is 0 Å². The summed E-state index contributed by atoms with van der Waals surface area (Å²) in [5, 5.41) is 12.9. The Kier molecular flexibility index (Phi) is 6.03. The van der Waals surface area contributed by atoms with E-state index >= 15 is 0 Å². The molecule has 0 aromatic heterocycles. The maximum absolute atomic E-state index is 13.6. The van der Waals surface area contributed by atoms with Crippen molar-refractivity contribution in [3.05, 3.63) is 41.2 Å². The molecule has 1 unspecified atom stereocenters. The second kappa shape index (κ2) is 7.78. The minimum absolute atomic E-state index is 0.0235. The average Bonchev–Trinajstić information content (AvgIpc) is 2.48. The lowest BCUT2D eigenvalue weighted by atomic mass is 10.0. The van der Waals surface area contributed by atoms with E-state index in [0.717, 1.165) is 37.2 Å². The molecule has 1 aromatic rings. The van der Waals surface area contributed by atoms with E-state index in [2.05, 4.69) is 10.2 Å². The normalized spacial score (nSPS) is 18.4. The number of aliphatic hydroxyl groups is 1. The van der Waals surface area contributed by atoms with Gasteiger partial charge in [0.05, 0.1) is 6.10 Å². The number of benzene rings is 1. The van der Waals surface area contributed by atoms with Gasteiger partial charge in [0, 0.05) is 36.9 Å². The highest BCUT2D eigenvalue weighted by Crippen LogP contribution is 2.29. The monoisotopic (exact) mass is 312 g/mol. The smallest absolute Gasteiger partial charge is 0.123 e. The molecule has 3 nitrogen and oxygen atoms in total. The zero-order valence-corrected chi connectivity index (χ0v) is 13.0. The first-order valence-electron chi connectivity index (χ1n) is 7.33. The zero-order valence-electron chi connectivity index (χ0n) is 12.2. The Morgan fingerprint density at radius 2 is 2.19 bits per heavy atom. The van der Waals surface area contributed by atoms with Crippen LogP contribution in [-0.2, 0) is 0 Å². The third-order valence-corrected chi connectivity index (χ3v) is 4.07. The second-order valence-electron chi connectivity index (χ2n) is 5.41. The van der Waals surface area contributed by atoms with Gasteiger partial charge in [-0.1, -0.05) is 17.7 Å². The molecule has 0 bridgehead atoms. The molecule has 21 heavy (non-hydrogen) atoms. The molecule has 1 fully saturated rings. The first kappa shape index (κ1) is 16.3. The molecule has 0 amide bonds. The largest absolute Gasteiger partial charge is 0.393 e. The van der Waals surface area contributed by atoms with Crippen LogP contribution in [0.1, 0.15) is 31.4 Å². The molecule has 1 saturated heterocycles. The van der Waals surface area contributed by atoms with Gasteiger partial charge in [-0.05, 0) is 43.5 Å². The molecule has 2 rings (SSSR count). The fraction of sp³-hybridized carbons (Fsp3) is 0.500. The highest BCUT2D eigenvalue weighted by Gasteiger charge is 2.21. The Labute approximate surface area is 130 Å². The quantitative estimate of drug-likeness (QED) is 0.876. The predicted molar refractivity (Wildman–Crippen MR) is 85.3 cm³/mol. The van der Waals surface area contributed by atoms with E-state index in [4.69, 9.17) is 11.6 Å².